The number of sulfone groups is 1. The average molecular weight is 463 g/mol. The van der Waals surface area contributed by atoms with Crippen molar-refractivity contribution in [3.8, 4) is 0 Å². The predicted octanol–water partition coefficient (Wildman–Crippen LogP) is 0.421. The minimum absolute atomic E-state index is 0.0176. The Bertz CT molecular complexity index is 1200. The van der Waals surface area contributed by atoms with E-state index in [9.17, 15) is 30.0 Å². The fourth-order valence-electron chi connectivity index (χ4n) is 3.78. The van der Waals surface area contributed by atoms with E-state index in [1.165, 1.54) is 30.3 Å². The van der Waals surface area contributed by atoms with E-state index in [1.54, 1.807) is 13.8 Å². The molecule has 2 atom stereocenters. The Hall–Kier alpha value is -1.76. The Balaban J connectivity index is 2.06. The van der Waals surface area contributed by atoms with Crippen LogP contribution in [0, 0.1) is 11.8 Å². The van der Waals surface area contributed by atoms with Crippen LogP contribution in [0.1, 0.15) is 13.8 Å². The van der Waals surface area contributed by atoms with Gasteiger partial charge in [0.2, 0.25) is 26.0 Å². The van der Waals surface area contributed by atoms with Crippen LogP contribution in [0.25, 0.3) is 0 Å². The van der Waals surface area contributed by atoms with Gasteiger partial charge < -0.3 is 0 Å². The number of amides is 1. The molecule has 160 valence electrons. The Morgan fingerprint density at radius 3 is 1.90 bits per heavy atom. The highest BCUT2D eigenvalue weighted by molar-refractivity contribution is 7.91. The van der Waals surface area contributed by atoms with Gasteiger partial charge in [-0.25, -0.2) is 29.6 Å². The van der Waals surface area contributed by atoms with Crippen LogP contribution in [-0.2, 0) is 34.7 Å². The van der Waals surface area contributed by atoms with E-state index in [2.05, 4.69) is 0 Å². The topological polar surface area (TPSA) is 126 Å². The number of sulfonamides is 2. The molecular weight excluding hydrogens is 440 g/mol. The zero-order valence-corrected chi connectivity index (χ0v) is 18.8. The maximum absolute atomic E-state index is 13.2. The molecule has 1 aromatic carbocycles. The van der Waals surface area contributed by atoms with E-state index in [0.717, 1.165) is 16.8 Å². The monoisotopic (exact) mass is 462 g/mol. The molecule has 0 radical (unpaired) electrons. The zero-order valence-electron chi connectivity index (χ0n) is 16.3. The SMILES string of the molecule is CC(C)[C@H]1C(=O)N(S(C)(=O)=O)C2=CCN(S(=O)(=O)c3ccc(S(C)(=O)=O)cc3)[C@@H]21. The van der Waals surface area contributed by atoms with Gasteiger partial charge in [-0.3, -0.25) is 4.79 Å². The highest BCUT2D eigenvalue weighted by Gasteiger charge is 2.56. The minimum atomic E-state index is -4.10. The molecule has 0 aromatic heterocycles. The standard InChI is InChI=1S/C17H22N2O7S3/c1-11(2)15-16-14(19(17(15)20)28(4,23)24)9-10-18(16)29(25,26)13-7-5-12(6-8-13)27(3,21)22/h5-9,11,15-16H,10H2,1-4H3/t15-,16+/m1/s1. The van der Waals surface area contributed by atoms with Gasteiger partial charge in [-0.2, -0.15) is 4.31 Å². The number of benzene rings is 1. The first-order chi connectivity index (χ1) is 13.2. The molecule has 0 saturated carbocycles. The summed E-state index contributed by atoms with van der Waals surface area (Å²) in [6, 6.07) is 3.86. The largest absolute Gasteiger partial charge is 0.273 e. The maximum Gasteiger partial charge on any atom is 0.245 e. The number of nitrogens with zero attached hydrogens (tertiary/aromatic N) is 2. The van der Waals surface area contributed by atoms with E-state index in [4.69, 9.17) is 0 Å². The summed E-state index contributed by atoms with van der Waals surface area (Å²) in [7, 11) is -11.5. The van der Waals surface area contributed by atoms with Gasteiger partial charge in [0.15, 0.2) is 9.84 Å². The normalized spacial score (nSPS) is 23.6. The molecule has 0 bridgehead atoms. The molecule has 1 amide bonds. The molecule has 0 unspecified atom stereocenters. The maximum atomic E-state index is 13.2. The van der Waals surface area contributed by atoms with Crippen molar-refractivity contribution < 1.29 is 30.0 Å². The van der Waals surface area contributed by atoms with Crippen LogP contribution < -0.4 is 0 Å². The lowest BCUT2D eigenvalue weighted by Gasteiger charge is -2.28. The number of carbonyl (C=O) groups excluding carboxylic acids is 1. The second-order valence-electron chi connectivity index (χ2n) is 7.53. The first-order valence-electron chi connectivity index (χ1n) is 8.73. The second kappa shape index (κ2) is 6.89. The summed E-state index contributed by atoms with van der Waals surface area (Å²) in [5.41, 5.74) is 0.146. The average Bonchev–Trinajstić information content (AvgIpc) is 3.09. The predicted molar refractivity (Wildman–Crippen MR) is 105 cm³/mol. The number of hydrogen-bond acceptors (Lipinski definition) is 7. The third-order valence-corrected chi connectivity index (χ3v) is 9.11. The van der Waals surface area contributed by atoms with Gasteiger partial charge in [-0.05, 0) is 36.3 Å². The van der Waals surface area contributed by atoms with Crippen molar-refractivity contribution in [3.05, 3.63) is 36.0 Å². The molecule has 2 heterocycles. The van der Waals surface area contributed by atoms with E-state index >= 15 is 0 Å². The molecule has 1 saturated heterocycles. The number of carbonyl (C=O) groups is 1. The summed E-state index contributed by atoms with van der Waals surface area (Å²) in [5.74, 6) is -1.79. The molecule has 12 heteroatoms. The van der Waals surface area contributed by atoms with Crippen LogP contribution in [0.3, 0.4) is 0 Å². The van der Waals surface area contributed by atoms with E-state index < -0.39 is 47.8 Å². The molecule has 29 heavy (non-hydrogen) atoms. The Kier molecular flexibility index (Phi) is 5.22. The smallest absolute Gasteiger partial charge is 0.245 e. The summed E-state index contributed by atoms with van der Waals surface area (Å²) in [6.07, 6.45) is 3.37. The molecule has 9 nitrogen and oxygen atoms in total. The van der Waals surface area contributed by atoms with Gasteiger partial charge in [0.25, 0.3) is 0 Å². The lowest BCUT2D eigenvalue weighted by Crippen LogP contribution is -2.42. The molecule has 2 aliphatic rings. The summed E-state index contributed by atoms with van der Waals surface area (Å²) in [5, 5.41) is 0. The third-order valence-electron chi connectivity index (χ3n) is 5.06. The van der Waals surface area contributed by atoms with Gasteiger partial charge in [0.05, 0.1) is 33.7 Å². The molecule has 2 aliphatic heterocycles. The van der Waals surface area contributed by atoms with Crippen LogP contribution in [-0.4, -0.2) is 64.9 Å². The first-order valence-corrected chi connectivity index (χ1v) is 13.9. The zero-order chi connectivity index (χ0) is 21.9. The molecule has 0 N–H and O–H groups in total. The van der Waals surface area contributed by atoms with Crippen molar-refractivity contribution in [1.82, 2.24) is 8.61 Å². The highest BCUT2D eigenvalue weighted by atomic mass is 32.2. The van der Waals surface area contributed by atoms with Gasteiger partial charge >= 0.3 is 0 Å². The quantitative estimate of drug-likeness (QED) is 0.621. The van der Waals surface area contributed by atoms with Crippen LogP contribution in [0.15, 0.2) is 45.8 Å². The minimum Gasteiger partial charge on any atom is -0.273 e. The van der Waals surface area contributed by atoms with Gasteiger partial charge in [-0.15, -0.1) is 0 Å². The lowest BCUT2D eigenvalue weighted by atomic mass is 9.90. The number of hydrogen-bond donors (Lipinski definition) is 0. The highest BCUT2D eigenvalue weighted by Crippen LogP contribution is 2.43. The Labute approximate surface area is 171 Å². The van der Waals surface area contributed by atoms with Crippen molar-refractivity contribution in [1.29, 1.82) is 0 Å². The van der Waals surface area contributed by atoms with Crippen LogP contribution >= 0.6 is 0 Å². The summed E-state index contributed by atoms with van der Waals surface area (Å²) < 4.78 is 75.8. The van der Waals surface area contributed by atoms with Crippen LogP contribution in [0.4, 0.5) is 0 Å². The summed E-state index contributed by atoms with van der Waals surface area (Å²) in [4.78, 5) is 12.6. The van der Waals surface area contributed by atoms with Gasteiger partial charge in [0.1, 0.15) is 0 Å². The van der Waals surface area contributed by atoms with E-state index in [1.807, 2.05) is 0 Å². The third kappa shape index (κ3) is 3.62. The molecule has 0 spiro atoms. The molecule has 0 aliphatic carbocycles. The Morgan fingerprint density at radius 2 is 1.45 bits per heavy atom. The molecule has 3 rings (SSSR count). The fraction of sp³-hybridized carbons (Fsp3) is 0.471. The van der Waals surface area contributed by atoms with Crippen molar-refractivity contribution in [2.75, 3.05) is 19.1 Å². The number of fused-ring (bicyclic) bond motifs is 1. The van der Waals surface area contributed by atoms with Crippen LogP contribution in [0.2, 0.25) is 0 Å². The van der Waals surface area contributed by atoms with Gasteiger partial charge in [0, 0.05) is 12.8 Å². The lowest BCUT2D eigenvalue weighted by molar-refractivity contribution is -0.128. The van der Waals surface area contributed by atoms with Crippen molar-refractivity contribution in [3.63, 3.8) is 0 Å². The molecule has 1 aromatic rings. The van der Waals surface area contributed by atoms with Crippen molar-refractivity contribution >= 4 is 35.8 Å². The van der Waals surface area contributed by atoms with E-state index in [-0.39, 0.29) is 28.0 Å². The van der Waals surface area contributed by atoms with Gasteiger partial charge in [-0.1, -0.05) is 13.8 Å². The molecular formula is C17H22N2O7S3. The summed E-state index contributed by atoms with van der Waals surface area (Å²) in [6.45, 7) is 3.38. The van der Waals surface area contributed by atoms with Crippen molar-refractivity contribution in [2.45, 2.75) is 29.7 Å². The van der Waals surface area contributed by atoms with Crippen LogP contribution in [0.5, 0.6) is 0 Å². The number of rotatable bonds is 5. The first kappa shape index (κ1) is 21.9. The second-order valence-corrected chi connectivity index (χ2v) is 13.3. The fourth-order valence-corrected chi connectivity index (χ4v) is 6.98. The van der Waals surface area contributed by atoms with E-state index in [0.29, 0.717) is 4.31 Å². The Morgan fingerprint density at radius 1 is 0.931 bits per heavy atom. The molecule has 1 fully saturated rings. The summed E-state index contributed by atoms with van der Waals surface area (Å²) >= 11 is 0. The van der Waals surface area contributed by atoms with Crippen molar-refractivity contribution in [2.24, 2.45) is 11.8 Å².